The van der Waals surface area contributed by atoms with E-state index in [2.05, 4.69) is 84.0 Å². The molecule has 1 N–H and O–H groups in total. The van der Waals surface area contributed by atoms with Gasteiger partial charge in [0.15, 0.2) is 0 Å². The second-order valence-electron chi connectivity index (χ2n) is 8.50. The summed E-state index contributed by atoms with van der Waals surface area (Å²) in [6, 6.07) is 24.7. The average Bonchev–Trinajstić information content (AvgIpc) is 3.42. The Labute approximate surface area is 204 Å². The number of amides is 1. The zero-order chi connectivity index (χ0) is 23.7. The SMILES string of the molecule is COc1ccc(CCN2C(=O)c3[nH]nc(-c4ccc(C)cc4)c3C2c2ccc(SC)cc2)cc1. The molecular formula is C28H27N3O2S. The third-order valence-corrected chi connectivity index (χ3v) is 7.16. The number of aromatic amines is 1. The number of nitrogens with one attached hydrogen (secondary N) is 1. The van der Waals surface area contributed by atoms with Gasteiger partial charge in [-0.3, -0.25) is 9.89 Å². The van der Waals surface area contributed by atoms with Gasteiger partial charge in [-0.25, -0.2) is 0 Å². The topological polar surface area (TPSA) is 58.2 Å². The van der Waals surface area contributed by atoms with Crippen LogP contribution in [0.1, 0.15) is 38.8 Å². The van der Waals surface area contributed by atoms with Crippen molar-refractivity contribution in [3.8, 4) is 17.0 Å². The maximum atomic E-state index is 13.6. The number of carbonyl (C=O) groups is 1. The summed E-state index contributed by atoms with van der Waals surface area (Å²) in [7, 11) is 1.66. The van der Waals surface area contributed by atoms with E-state index >= 15 is 0 Å². The lowest BCUT2D eigenvalue weighted by molar-refractivity contribution is 0.0746. The van der Waals surface area contributed by atoms with E-state index in [0.717, 1.165) is 40.1 Å². The third kappa shape index (κ3) is 4.10. The molecular weight excluding hydrogens is 442 g/mol. The maximum absolute atomic E-state index is 13.6. The molecule has 2 heterocycles. The van der Waals surface area contributed by atoms with Crippen LogP contribution >= 0.6 is 11.8 Å². The van der Waals surface area contributed by atoms with Crippen LogP contribution in [0.25, 0.3) is 11.3 Å². The second kappa shape index (κ2) is 9.39. The van der Waals surface area contributed by atoms with Crippen molar-refractivity contribution in [1.82, 2.24) is 15.1 Å². The average molecular weight is 470 g/mol. The van der Waals surface area contributed by atoms with E-state index in [1.165, 1.54) is 10.5 Å². The predicted octanol–water partition coefficient (Wildman–Crippen LogP) is 5.90. The van der Waals surface area contributed by atoms with Crippen LogP contribution in [-0.2, 0) is 6.42 Å². The number of rotatable bonds is 7. The van der Waals surface area contributed by atoms with Gasteiger partial charge in [0.05, 0.1) is 18.8 Å². The molecule has 0 saturated heterocycles. The molecule has 34 heavy (non-hydrogen) atoms. The van der Waals surface area contributed by atoms with Gasteiger partial charge in [0.2, 0.25) is 0 Å². The monoisotopic (exact) mass is 469 g/mol. The van der Waals surface area contributed by atoms with E-state index in [1.807, 2.05) is 17.0 Å². The van der Waals surface area contributed by atoms with Crippen LogP contribution < -0.4 is 4.74 Å². The first-order valence-corrected chi connectivity index (χ1v) is 12.5. The van der Waals surface area contributed by atoms with Crippen molar-refractivity contribution < 1.29 is 9.53 Å². The van der Waals surface area contributed by atoms with Crippen molar-refractivity contribution in [2.24, 2.45) is 0 Å². The highest BCUT2D eigenvalue weighted by atomic mass is 32.2. The van der Waals surface area contributed by atoms with Crippen molar-refractivity contribution >= 4 is 17.7 Å². The molecule has 1 unspecified atom stereocenters. The first kappa shape index (κ1) is 22.3. The minimum Gasteiger partial charge on any atom is -0.497 e. The highest BCUT2D eigenvalue weighted by Crippen LogP contribution is 2.43. The predicted molar refractivity (Wildman–Crippen MR) is 137 cm³/mol. The van der Waals surface area contributed by atoms with Gasteiger partial charge in [-0.15, -0.1) is 11.8 Å². The molecule has 5 nitrogen and oxygen atoms in total. The van der Waals surface area contributed by atoms with Crippen molar-refractivity contribution in [2.75, 3.05) is 19.9 Å². The van der Waals surface area contributed by atoms with Gasteiger partial charge < -0.3 is 9.64 Å². The van der Waals surface area contributed by atoms with E-state index in [0.29, 0.717) is 12.2 Å². The first-order chi connectivity index (χ1) is 16.6. The number of aromatic nitrogens is 2. The Morgan fingerprint density at radius 3 is 2.35 bits per heavy atom. The minimum absolute atomic E-state index is 0.00619. The molecule has 1 amide bonds. The van der Waals surface area contributed by atoms with E-state index in [4.69, 9.17) is 4.74 Å². The zero-order valence-corrected chi connectivity index (χ0v) is 20.4. The minimum atomic E-state index is -0.188. The van der Waals surface area contributed by atoms with Crippen molar-refractivity contribution in [3.05, 3.63) is 101 Å². The number of hydrogen-bond donors (Lipinski definition) is 1. The molecule has 6 heteroatoms. The van der Waals surface area contributed by atoms with E-state index in [9.17, 15) is 4.79 Å². The number of thioether (sulfide) groups is 1. The Morgan fingerprint density at radius 2 is 1.71 bits per heavy atom. The lowest BCUT2D eigenvalue weighted by Crippen LogP contribution is -2.31. The summed E-state index contributed by atoms with van der Waals surface area (Å²) in [5, 5.41) is 7.63. The van der Waals surface area contributed by atoms with Crippen LogP contribution in [0, 0.1) is 6.92 Å². The number of benzene rings is 3. The van der Waals surface area contributed by atoms with Crippen LogP contribution in [0.2, 0.25) is 0 Å². The largest absolute Gasteiger partial charge is 0.497 e. The maximum Gasteiger partial charge on any atom is 0.273 e. The molecule has 1 aromatic heterocycles. The molecule has 0 aliphatic carbocycles. The quantitative estimate of drug-likeness (QED) is 0.342. The van der Waals surface area contributed by atoms with Crippen LogP contribution in [-0.4, -0.2) is 40.9 Å². The molecule has 0 bridgehead atoms. The molecule has 0 spiro atoms. The molecule has 0 radical (unpaired) electrons. The summed E-state index contributed by atoms with van der Waals surface area (Å²) < 4.78 is 5.28. The summed E-state index contributed by atoms with van der Waals surface area (Å²) in [6.45, 7) is 2.68. The highest BCUT2D eigenvalue weighted by Gasteiger charge is 2.41. The number of nitrogens with zero attached hydrogens (tertiary/aromatic N) is 2. The van der Waals surface area contributed by atoms with E-state index in [-0.39, 0.29) is 11.9 Å². The summed E-state index contributed by atoms with van der Waals surface area (Å²) in [4.78, 5) is 16.7. The number of fused-ring (bicyclic) bond motifs is 1. The molecule has 0 saturated carbocycles. The Morgan fingerprint density at radius 1 is 1.00 bits per heavy atom. The summed E-state index contributed by atoms with van der Waals surface area (Å²) >= 11 is 1.71. The lowest BCUT2D eigenvalue weighted by Gasteiger charge is -2.26. The number of H-pyrrole nitrogens is 1. The fraction of sp³-hybridized carbons (Fsp3) is 0.214. The first-order valence-electron chi connectivity index (χ1n) is 11.3. The van der Waals surface area contributed by atoms with Gasteiger partial charge >= 0.3 is 0 Å². The molecule has 3 aromatic carbocycles. The van der Waals surface area contributed by atoms with Crippen molar-refractivity contribution in [1.29, 1.82) is 0 Å². The molecule has 1 aliphatic heterocycles. The van der Waals surface area contributed by atoms with Crippen LogP contribution in [0.5, 0.6) is 5.75 Å². The molecule has 0 fully saturated rings. The summed E-state index contributed by atoms with van der Waals surface area (Å²) in [5.74, 6) is 0.824. The van der Waals surface area contributed by atoms with Gasteiger partial charge in [0, 0.05) is 22.6 Å². The fourth-order valence-corrected chi connectivity index (χ4v) is 4.94. The van der Waals surface area contributed by atoms with Gasteiger partial charge in [-0.05, 0) is 55.0 Å². The Hall–Kier alpha value is -3.51. The van der Waals surface area contributed by atoms with E-state index < -0.39 is 0 Å². The highest BCUT2D eigenvalue weighted by molar-refractivity contribution is 7.98. The molecule has 1 aliphatic rings. The summed E-state index contributed by atoms with van der Waals surface area (Å²) in [5.41, 5.74) is 6.85. The van der Waals surface area contributed by atoms with Crippen LogP contribution in [0.4, 0.5) is 0 Å². The number of methoxy groups -OCH3 is 1. The number of ether oxygens (including phenoxy) is 1. The normalized spacial score (nSPS) is 15.0. The van der Waals surface area contributed by atoms with Gasteiger partial charge in [-0.2, -0.15) is 5.10 Å². The number of carbonyl (C=O) groups excluding carboxylic acids is 1. The van der Waals surface area contributed by atoms with Gasteiger partial charge in [0.25, 0.3) is 5.91 Å². The zero-order valence-electron chi connectivity index (χ0n) is 19.5. The Bertz CT molecular complexity index is 1300. The second-order valence-corrected chi connectivity index (χ2v) is 9.38. The third-order valence-electron chi connectivity index (χ3n) is 6.42. The molecule has 5 rings (SSSR count). The number of aryl methyl sites for hydroxylation is 1. The molecule has 1 atom stereocenters. The molecule has 172 valence electrons. The van der Waals surface area contributed by atoms with Crippen LogP contribution in [0.15, 0.2) is 77.7 Å². The van der Waals surface area contributed by atoms with E-state index in [1.54, 1.807) is 18.9 Å². The Balaban J connectivity index is 1.53. The fourth-order valence-electron chi connectivity index (χ4n) is 4.53. The number of hydrogen-bond acceptors (Lipinski definition) is 4. The van der Waals surface area contributed by atoms with Crippen LogP contribution in [0.3, 0.4) is 0 Å². The smallest absolute Gasteiger partial charge is 0.273 e. The van der Waals surface area contributed by atoms with Crippen molar-refractivity contribution in [2.45, 2.75) is 24.3 Å². The standard InChI is InChI=1S/C28H27N3O2S/c1-18-4-8-20(9-5-18)25-24-26(30-29-25)28(32)31(17-16-19-6-12-22(33-2)13-7-19)27(24)21-10-14-23(34-3)15-11-21/h4-15,27H,16-17H2,1-3H3,(H,29,30). The van der Waals surface area contributed by atoms with Gasteiger partial charge in [-0.1, -0.05) is 54.1 Å². The Kier molecular flexibility index (Phi) is 6.16. The van der Waals surface area contributed by atoms with Gasteiger partial charge in [0.1, 0.15) is 11.4 Å². The molecule has 4 aromatic rings. The lowest BCUT2D eigenvalue weighted by atomic mass is 9.95. The summed E-state index contributed by atoms with van der Waals surface area (Å²) in [6.07, 6.45) is 2.83. The van der Waals surface area contributed by atoms with Crippen molar-refractivity contribution in [3.63, 3.8) is 0 Å².